The van der Waals surface area contributed by atoms with Crippen LogP contribution in [0.15, 0.2) is 42.6 Å². The Balaban J connectivity index is 1.53. The number of piperazine rings is 1. The molecule has 1 aliphatic rings. The van der Waals surface area contributed by atoms with E-state index < -0.39 is 0 Å². The summed E-state index contributed by atoms with van der Waals surface area (Å²) < 4.78 is 0. The fourth-order valence-electron chi connectivity index (χ4n) is 2.87. The number of anilines is 2. The van der Waals surface area contributed by atoms with Gasteiger partial charge in [0.05, 0.1) is 11.1 Å². The van der Waals surface area contributed by atoms with Crippen molar-refractivity contribution in [3.05, 3.63) is 52.6 Å². The van der Waals surface area contributed by atoms with Crippen molar-refractivity contribution < 1.29 is 4.79 Å². The van der Waals surface area contributed by atoms with Crippen molar-refractivity contribution in [3.63, 3.8) is 0 Å². The van der Waals surface area contributed by atoms with E-state index in [2.05, 4.69) is 20.1 Å². The van der Waals surface area contributed by atoms with Gasteiger partial charge in [0.25, 0.3) is 0 Å². The predicted octanol–water partition coefficient (Wildman–Crippen LogP) is 3.54. The van der Waals surface area contributed by atoms with E-state index in [9.17, 15) is 4.79 Å². The summed E-state index contributed by atoms with van der Waals surface area (Å²) in [7, 11) is 0. The largest absolute Gasteiger partial charge is 0.369 e. The van der Waals surface area contributed by atoms with Crippen LogP contribution in [0.3, 0.4) is 0 Å². The van der Waals surface area contributed by atoms with Crippen LogP contribution >= 0.6 is 23.2 Å². The molecule has 1 aromatic heterocycles. The summed E-state index contributed by atoms with van der Waals surface area (Å²) in [5, 5.41) is 4.12. The first-order valence-electron chi connectivity index (χ1n) is 8.20. The third-order valence-electron chi connectivity index (χ3n) is 4.41. The Morgan fingerprint density at radius 3 is 2.28 bits per heavy atom. The topological polar surface area (TPSA) is 48.5 Å². The molecule has 2 heterocycles. The number of pyridine rings is 1. The first-order chi connectivity index (χ1) is 12.0. The average molecular weight is 379 g/mol. The lowest BCUT2D eigenvalue weighted by Crippen LogP contribution is -2.52. The van der Waals surface area contributed by atoms with Crippen LogP contribution in [0, 0.1) is 0 Å². The van der Waals surface area contributed by atoms with E-state index in [4.69, 9.17) is 23.2 Å². The van der Waals surface area contributed by atoms with E-state index in [0.717, 1.165) is 36.9 Å². The molecule has 1 aliphatic heterocycles. The van der Waals surface area contributed by atoms with Crippen molar-refractivity contribution in [2.24, 2.45) is 0 Å². The molecule has 0 bridgehead atoms. The Bertz CT molecular complexity index is 713. The smallest absolute Gasteiger partial charge is 0.242 e. The molecule has 1 atom stereocenters. The van der Waals surface area contributed by atoms with Crippen molar-refractivity contribution in [2.75, 3.05) is 36.4 Å². The Kier molecular flexibility index (Phi) is 5.78. The second-order valence-electron chi connectivity index (χ2n) is 6.03. The molecule has 0 radical (unpaired) electrons. The fraction of sp³-hybridized carbons (Fsp3) is 0.333. The van der Waals surface area contributed by atoms with Gasteiger partial charge in [-0.1, -0.05) is 23.2 Å². The number of halogens is 2. The molecular formula is C18H20Cl2N4O. The molecule has 1 amide bonds. The maximum absolute atomic E-state index is 12.4. The normalized spacial score (nSPS) is 16.5. The third kappa shape index (κ3) is 4.63. The third-order valence-corrected chi connectivity index (χ3v) is 4.89. The van der Waals surface area contributed by atoms with Gasteiger partial charge in [0.15, 0.2) is 0 Å². The predicted molar refractivity (Wildman–Crippen MR) is 103 cm³/mol. The molecule has 1 saturated heterocycles. The second-order valence-corrected chi connectivity index (χ2v) is 6.90. The summed E-state index contributed by atoms with van der Waals surface area (Å²) >= 11 is 11.8. The zero-order valence-corrected chi connectivity index (χ0v) is 15.5. The number of carbonyl (C=O) groups is 1. The van der Waals surface area contributed by atoms with Crippen molar-refractivity contribution in [1.29, 1.82) is 0 Å². The molecule has 5 nitrogen and oxygen atoms in total. The fourth-order valence-corrected chi connectivity index (χ4v) is 3.10. The summed E-state index contributed by atoms with van der Waals surface area (Å²) in [6.07, 6.45) is 1.52. The van der Waals surface area contributed by atoms with Gasteiger partial charge in [0.2, 0.25) is 5.91 Å². The highest BCUT2D eigenvalue weighted by Crippen LogP contribution is 2.20. The van der Waals surface area contributed by atoms with Crippen LogP contribution in [0.2, 0.25) is 10.0 Å². The van der Waals surface area contributed by atoms with Crippen LogP contribution < -0.4 is 10.2 Å². The van der Waals surface area contributed by atoms with E-state index in [0.29, 0.717) is 10.8 Å². The number of nitrogens with one attached hydrogen (secondary N) is 1. The summed E-state index contributed by atoms with van der Waals surface area (Å²) in [6, 6.07) is 11.0. The minimum absolute atomic E-state index is 0.0604. The molecule has 0 aliphatic carbocycles. The number of benzene rings is 1. The Morgan fingerprint density at radius 2 is 1.68 bits per heavy atom. The summed E-state index contributed by atoms with van der Waals surface area (Å²) in [5.74, 6) is 0.454. The second kappa shape index (κ2) is 8.04. The van der Waals surface area contributed by atoms with Crippen LogP contribution in [0.25, 0.3) is 0 Å². The maximum Gasteiger partial charge on any atom is 0.242 e. The van der Waals surface area contributed by atoms with Crippen molar-refractivity contribution in [3.8, 4) is 0 Å². The standard InChI is InChI=1S/C18H20Cl2N4O/c1-13(18(25)22-17-7-4-15(20)12-21-17)23-8-10-24(11-9-23)16-5-2-14(19)3-6-16/h2-7,12-13H,8-11H2,1H3,(H,21,22,25). The van der Waals surface area contributed by atoms with Gasteiger partial charge in [-0.3, -0.25) is 9.69 Å². The molecule has 3 rings (SSSR count). The van der Waals surface area contributed by atoms with Gasteiger partial charge in [-0.25, -0.2) is 4.98 Å². The molecule has 1 unspecified atom stereocenters. The number of nitrogens with zero attached hydrogens (tertiary/aromatic N) is 3. The molecule has 0 saturated carbocycles. The van der Waals surface area contributed by atoms with Gasteiger partial charge in [-0.2, -0.15) is 0 Å². The highest BCUT2D eigenvalue weighted by Gasteiger charge is 2.25. The van der Waals surface area contributed by atoms with Crippen LogP contribution in [0.4, 0.5) is 11.5 Å². The minimum atomic E-state index is -0.218. The first kappa shape index (κ1) is 18.0. The SMILES string of the molecule is CC(C(=O)Nc1ccc(Cl)cn1)N1CCN(c2ccc(Cl)cc2)CC1. The van der Waals surface area contributed by atoms with E-state index in [1.807, 2.05) is 31.2 Å². The molecule has 7 heteroatoms. The van der Waals surface area contributed by atoms with Crippen LogP contribution in [-0.2, 0) is 4.79 Å². The molecule has 0 spiro atoms. The van der Waals surface area contributed by atoms with Crippen LogP contribution in [0.1, 0.15) is 6.92 Å². The molecule has 1 N–H and O–H groups in total. The zero-order valence-electron chi connectivity index (χ0n) is 14.0. The number of aromatic nitrogens is 1. The number of carbonyl (C=O) groups excluding carboxylic acids is 1. The number of hydrogen-bond donors (Lipinski definition) is 1. The lowest BCUT2D eigenvalue weighted by Gasteiger charge is -2.38. The molecule has 2 aromatic rings. The summed E-state index contributed by atoms with van der Waals surface area (Å²) in [6.45, 7) is 5.32. The van der Waals surface area contributed by atoms with Gasteiger partial charge in [-0.15, -0.1) is 0 Å². The van der Waals surface area contributed by atoms with Gasteiger partial charge >= 0.3 is 0 Å². The van der Waals surface area contributed by atoms with Crippen LogP contribution in [0.5, 0.6) is 0 Å². The number of rotatable bonds is 4. The Labute approximate surface area is 157 Å². The highest BCUT2D eigenvalue weighted by molar-refractivity contribution is 6.30. The first-order valence-corrected chi connectivity index (χ1v) is 8.95. The van der Waals surface area contributed by atoms with Gasteiger partial charge in [-0.05, 0) is 43.3 Å². The van der Waals surface area contributed by atoms with Crippen LogP contribution in [-0.4, -0.2) is 48.0 Å². The molecule has 1 aromatic carbocycles. The van der Waals surface area contributed by atoms with Crippen molar-refractivity contribution in [2.45, 2.75) is 13.0 Å². The van der Waals surface area contributed by atoms with Crippen molar-refractivity contribution >= 4 is 40.6 Å². The molecular weight excluding hydrogens is 359 g/mol. The molecule has 132 valence electrons. The monoisotopic (exact) mass is 378 g/mol. The van der Waals surface area contributed by atoms with E-state index in [1.54, 1.807) is 12.1 Å². The molecule has 1 fully saturated rings. The lowest BCUT2D eigenvalue weighted by atomic mass is 10.2. The van der Waals surface area contributed by atoms with Gasteiger partial charge < -0.3 is 10.2 Å². The number of amides is 1. The maximum atomic E-state index is 12.4. The highest BCUT2D eigenvalue weighted by atomic mass is 35.5. The van der Waals surface area contributed by atoms with E-state index >= 15 is 0 Å². The number of hydrogen-bond acceptors (Lipinski definition) is 4. The van der Waals surface area contributed by atoms with E-state index in [-0.39, 0.29) is 11.9 Å². The van der Waals surface area contributed by atoms with Gasteiger partial charge in [0.1, 0.15) is 5.82 Å². The quantitative estimate of drug-likeness (QED) is 0.883. The summed E-state index contributed by atoms with van der Waals surface area (Å²) in [4.78, 5) is 21.0. The minimum Gasteiger partial charge on any atom is -0.369 e. The Hall–Kier alpha value is -1.82. The van der Waals surface area contributed by atoms with Gasteiger partial charge in [0, 0.05) is 43.1 Å². The zero-order chi connectivity index (χ0) is 17.8. The lowest BCUT2D eigenvalue weighted by molar-refractivity contribution is -0.120. The van der Waals surface area contributed by atoms with Crippen molar-refractivity contribution in [1.82, 2.24) is 9.88 Å². The van der Waals surface area contributed by atoms with E-state index in [1.165, 1.54) is 6.20 Å². The average Bonchev–Trinajstić information content (AvgIpc) is 2.64. The molecule has 25 heavy (non-hydrogen) atoms. The summed E-state index contributed by atoms with van der Waals surface area (Å²) in [5.41, 5.74) is 1.16. The Morgan fingerprint density at radius 1 is 1.04 bits per heavy atom.